The SMILES string of the molecule is CCOC(=O)C(C)N1CCCN(C)CC1CC. The maximum atomic E-state index is 11.8. The van der Waals surface area contributed by atoms with Gasteiger partial charge >= 0.3 is 5.97 Å². The van der Waals surface area contributed by atoms with Crippen molar-refractivity contribution in [1.29, 1.82) is 0 Å². The second-order valence-corrected chi connectivity index (χ2v) is 4.84. The van der Waals surface area contributed by atoms with Crippen molar-refractivity contribution in [2.24, 2.45) is 0 Å². The van der Waals surface area contributed by atoms with Crippen LogP contribution in [0.2, 0.25) is 0 Å². The highest BCUT2D eigenvalue weighted by molar-refractivity contribution is 5.75. The third kappa shape index (κ3) is 3.96. The summed E-state index contributed by atoms with van der Waals surface area (Å²) < 4.78 is 5.12. The van der Waals surface area contributed by atoms with Gasteiger partial charge in [0, 0.05) is 19.1 Å². The van der Waals surface area contributed by atoms with Gasteiger partial charge in [-0.25, -0.2) is 0 Å². The highest BCUT2D eigenvalue weighted by Gasteiger charge is 2.30. The monoisotopic (exact) mass is 242 g/mol. The van der Waals surface area contributed by atoms with Crippen LogP contribution in [-0.2, 0) is 9.53 Å². The van der Waals surface area contributed by atoms with Crippen molar-refractivity contribution in [3.8, 4) is 0 Å². The minimum absolute atomic E-state index is 0.0875. The molecule has 1 aliphatic rings. The van der Waals surface area contributed by atoms with E-state index in [4.69, 9.17) is 4.74 Å². The molecular weight excluding hydrogens is 216 g/mol. The summed E-state index contributed by atoms with van der Waals surface area (Å²) in [6.45, 7) is 9.62. The second-order valence-electron chi connectivity index (χ2n) is 4.84. The van der Waals surface area contributed by atoms with Crippen molar-refractivity contribution < 1.29 is 9.53 Å². The number of likely N-dealkylation sites (N-methyl/N-ethyl adjacent to an activating group) is 1. The minimum Gasteiger partial charge on any atom is -0.465 e. The highest BCUT2D eigenvalue weighted by atomic mass is 16.5. The Labute approximate surface area is 105 Å². The Balaban J connectivity index is 2.67. The van der Waals surface area contributed by atoms with Crippen LogP contribution in [0.1, 0.15) is 33.6 Å². The molecular formula is C13H26N2O2. The fraction of sp³-hybridized carbons (Fsp3) is 0.923. The number of carbonyl (C=O) groups excluding carboxylic acids is 1. The van der Waals surface area contributed by atoms with Gasteiger partial charge in [0.2, 0.25) is 0 Å². The highest BCUT2D eigenvalue weighted by Crippen LogP contribution is 2.16. The van der Waals surface area contributed by atoms with Crippen molar-refractivity contribution >= 4 is 5.97 Å². The Kier molecular flexibility index (Phi) is 5.92. The van der Waals surface area contributed by atoms with Crippen LogP contribution < -0.4 is 0 Å². The molecule has 0 radical (unpaired) electrons. The third-order valence-electron chi connectivity index (χ3n) is 3.54. The molecule has 17 heavy (non-hydrogen) atoms. The topological polar surface area (TPSA) is 32.8 Å². The van der Waals surface area contributed by atoms with Crippen molar-refractivity contribution in [2.45, 2.75) is 45.7 Å². The summed E-state index contributed by atoms with van der Waals surface area (Å²) in [5.74, 6) is -0.0875. The molecule has 0 bridgehead atoms. The number of esters is 1. The molecule has 100 valence electrons. The molecule has 2 atom stereocenters. The van der Waals surface area contributed by atoms with E-state index in [1.807, 2.05) is 13.8 Å². The standard InChI is InChI=1S/C13H26N2O2/c1-5-12-10-14(4)8-7-9-15(12)11(3)13(16)17-6-2/h11-12H,5-10H2,1-4H3. The van der Waals surface area contributed by atoms with Crippen LogP contribution in [0.15, 0.2) is 0 Å². The molecule has 0 aromatic rings. The maximum absolute atomic E-state index is 11.8. The van der Waals surface area contributed by atoms with Gasteiger partial charge < -0.3 is 9.64 Å². The van der Waals surface area contributed by atoms with Crippen LogP contribution in [-0.4, -0.2) is 61.1 Å². The molecule has 0 N–H and O–H groups in total. The summed E-state index contributed by atoms with van der Waals surface area (Å²) in [7, 11) is 2.15. The Morgan fingerprint density at radius 1 is 1.41 bits per heavy atom. The van der Waals surface area contributed by atoms with Crippen LogP contribution in [0.5, 0.6) is 0 Å². The lowest BCUT2D eigenvalue weighted by atomic mass is 10.1. The molecule has 1 aliphatic heterocycles. The van der Waals surface area contributed by atoms with E-state index < -0.39 is 0 Å². The van der Waals surface area contributed by atoms with Gasteiger partial charge in [-0.2, -0.15) is 0 Å². The zero-order chi connectivity index (χ0) is 12.8. The van der Waals surface area contributed by atoms with E-state index in [1.165, 1.54) is 0 Å². The van der Waals surface area contributed by atoms with Gasteiger partial charge in [0.25, 0.3) is 0 Å². The van der Waals surface area contributed by atoms with Crippen LogP contribution in [0.4, 0.5) is 0 Å². The third-order valence-corrected chi connectivity index (χ3v) is 3.54. The zero-order valence-corrected chi connectivity index (χ0v) is 11.6. The quantitative estimate of drug-likeness (QED) is 0.697. The Bertz CT molecular complexity index is 246. The van der Waals surface area contributed by atoms with Crippen LogP contribution in [0.25, 0.3) is 0 Å². The van der Waals surface area contributed by atoms with E-state index >= 15 is 0 Å². The first-order chi connectivity index (χ1) is 8.10. The fourth-order valence-corrected chi connectivity index (χ4v) is 2.53. The normalized spacial score (nSPS) is 25.3. The van der Waals surface area contributed by atoms with Gasteiger partial charge in [-0.05, 0) is 40.3 Å². The van der Waals surface area contributed by atoms with Crippen LogP contribution in [0.3, 0.4) is 0 Å². The molecule has 0 spiro atoms. The zero-order valence-electron chi connectivity index (χ0n) is 11.6. The summed E-state index contributed by atoms with van der Waals surface area (Å²) in [4.78, 5) is 16.5. The molecule has 1 fully saturated rings. The smallest absolute Gasteiger partial charge is 0.323 e. The lowest BCUT2D eigenvalue weighted by molar-refractivity contribution is -0.149. The maximum Gasteiger partial charge on any atom is 0.323 e. The average molecular weight is 242 g/mol. The molecule has 0 amide bonds. The first kappa shape index (κ1) is 14.5. The molecule has 4 heteroatoms. The summed E-state index contributed by atoms with van der Waals surface area (Å²) in [6.07, 6.45) is 2.20. The number of rotatable bonds is 4. The molecule has 1 rings (SSSR count). The van der Waals surface area contributed by atoms with Gasteiger partial charge in [0.15, 0.2) is 0 Å². The van der Waals surface area contributed by atoms with Gasteiger partial charge in [-0.3, -0.25) is 9.69 Å². The van der Waals surface area contributed by atoms with E-state index in [0.717, 1.165) is 32.5 Å². The lowest BCUT2D eigenvalue weighted by Gasteiger charge is -2.33. The predicted molar refractivity (Wildman–Crippen MR) is 69.0 cm³/mol. The van der Waals surface area contributed by atoms with Crippen LogP contribution in [0, 0.1) is 0 Å². The Morgan fingerprint density at radius 2 is 2.12 bits per heavy atom. The molecule has 4 nitrogen and oxygen atoms in total. The van der Waals surface area contributed by atoms with E-state index in [1.54, 1.807) is 0 Å². The van der Waals surface area contributed by atoms with Gasteiger partial charge in [0.05, 0.1) is 6.61 Å². The number of ether oxygens (including phenoxy) is 1. The van der Waals surface area contributed by atoms with Crippen molar-refractivity contribution in [3.63, 3.8) is 0 Å². The molecule has 0 aliphatic carbocycles. The summed E-state index contributed by atoms with van der Waals surface area (Å²) in [5, 5.41) is 0. The molecule has 0 saturated carbocycles. The van der Waals surface area contributed by atoms with E-state index in [-0.39, 0.29) is 12.0 Å². The Hall–Kier alpha value is -0.610. The van der Waals surface area contributed by atoms with Crippen molar-refractivity contribution in [1.82, 2.24) is 9.80 Å². The number of hydrogen-bond acceptors (Lipinski definition) is 4. The van der Waals surface area contributed by atoms with Crippen molar-refractivity contribution in [2.75, 3.05) is 33.3 Å². The first-order valence-electron chi connectivity index (χ1n) is 6.71. The molecule has 0 aromatic carbocycles. The van der Waals surface area contributed by atoms with E-state index in [9.17, 15) is 4.79 Å². The van der Waals surface area contributed by atoms with Crippen molar-refractivity contribution in [3.05, 3.63) is 0 Å². The fourth-order valence-electron chi connectivity index (χ4n) is 2.53. The molecule has 1 heterocycles. The summed E-state index contributed by atoms with van der Waals surface area (Å²) in [5.41, 5.74) is 0. The van der Waals surface area contributed by atoms with E-state index in [0.29, 0.717) is 12.6 Å². The molecule has 2 unspecified atom stereocenters. The van der Waals surface area contributed by atoms with Gasteiger partial charge in [-0.15, -0.1) is 0 Å². The van der Waals surface area contributed by atoms with E-state index in [2.05, 4.69) is 23.8 Å². The number of hydrogen-bond donors (Lipinski definition) is 0. The molecule has 1 saturated heterocycles. The first-order valence-corrected chi connectivity index (χ1v) is 6.71. The minimum atomic E-state index is -0.119. The van der Waals surface area contributed by atoms with Gasteiger partial charge in [-0.1, -0.05) is 6.92 Å². The predicted octanol–water partition coefficient (Wildman–Crippen LogP) is 1.35. The average Bonchev–Trinajstić information content (AvgIpc) is 2.49. The summed E-state index contributed by atoms with van der Waals surface area (Å²) in [6, 6.07) is 0.341. The van der Waals surface area contributed by atoms with Gasteiger partial charge in [0.1, 0.15) is 6.04 Å². The number of nitrogens with zero attached hydrogens (tertiary/aromatic N) is 2. The summed E-state index contributed by atoms with van der Waals surface area (Å²) >= 11 is 0. The molecule has 0 aromatic heterocycles. The lowest BCUT2D eigenvalue weighted by Crippen LogP contribution is -2.48. The van der Waals surface area contributed by atoms with Crippen LogP contribution >= 0.6 is 0 Å². The second kappa shape index (κ2) is 6.97. The number of carbonyl (C=O) groups is 1. The largest absolute Gasteiger partial charge is 0.465 e. The Morgan fingerprint density at radius 3 is 2.71 bits per heavy atom.